The third kappa shape index (κ3) is 4.96. The minimum absolute atomic E-state index is 0.0489. The Balaban J connectivity index is 1.93. The standard InChI is InChI=1S/C18H22FN3O2/c1-22(2)17(13-4-6-14(19)7-5-13)12-20-18(23)21-15-8-10-16(24-3)11-9-15/h4-11,17H,12H2,1-3H3,(H2,20,21,23). The van der Waals surface area contributed by atoms with Crippen LogP contribution in [-0.4, -0.2) is 38.7 Å². The number of hydrogen-bond acceptors (Lipinski definition) is 3. The van der Waals surface area contributed by atoms with Crippen molar-refractivity contribution in [1.29, 1.82) is 0 Å². The summed E-state index contributed by atoms with van der Waals surface area (Å²) in [6, 6.07) is 13.0. The number of hydrogen-bond donors (Lipinski definition) is 2. The summed E-state index contributed by atoms with van der Waals surface area (Å²) < 4.78 is 18.1. The summed E-state index contributed by atoms with van der Waals surface area (Å²) in [7, 11) is 5.42. The van der Waals surface area contributed by atoms with Gasteiger partial charge in [-0.3, -0.25) is 0 Å². The topological polar surface area (TPSA) is 53.6 Å². The smallest absolute Gasteiger partial charge is 0.319 e. The van der Waals surface area contributed by atoms with Crippen LogP contribution in [0.2, 0.25) is 0 Å². The SMILES string of the molecule is COc1ccc(NC(=O)NCC(c2ccc(F)cc2)N(C)C)cc1. The number of methoxy groups -OCH3 is 1. The van der Waals surface area contributed by atoms with E-state index in [1.54, 1.807) is 43.5 Å². The van der Waals surface area contributed by atoms with Crippen LogP contribution >= 0.6 is 0 Å². The van der Waals surface area contributed by atoms with Crippen LogP contribution in [0.3, 0.4) is 0 Å². The first-order chi connectivity index (χ1) is 11.5. The first-order valence-electron chi connectivity index (χ1n) is 7.60. The van der Waals surface area contributed by atoms with Crippen molar-refractivity contribution >= 4 is 11.7 Å². The van der Waals surface area contributed by atoms with Crippen LogP contribution in [0.4, 0.5) is 14.9 Å². The summed E-state index contributed by atoms with van der Waals surface area (Å²) in [6.07, 6.45) is 0. The number of benzene rings is 2. The third-order valence-corrected chi connectivity index (χ3v) is 3.68. The Labute approximate surface area is 141 Å². The number of halogens is 1. The number of carbonyl (C=O) groups is 1. The third-order valence-electron chi connectivity index (χ3n) is 3.68. The molecule has 0 aliphatic heterocycles. The average molecular weight is 331 g/mol. The molecule has 0 aliphatic carbocycles. The van der Waals surface area contributed by atoms with Gasteiger partial charge in [0.25, 0.3) is 0 Å². The Bertz CT molecular complexity index is 657. The molecule has 0 saturated carbocycles. The molecule has 2 rings (SSSR count). The molecule has 2 amide bonds. The van der Waals surface area contributed by atoms with Crippen molar-refractivity contribution in [2.45, 2.75) is 6.04 Å². The van der Waals surface area contributed by atoms with Gasteiger partial charge in [-0.25, -0.2) is 9.18 Å². The molecule has 24 heavy (non-hydrogen) atoms. The first kappa shape index (κ1) is 17.7. The fourth-order valence-electron chi connectivity index (χ4n) is 2.32. The van der Waals surface area contributed by atoms with Crippen LogP contribution in [0.15, 0.2) is 48.5 Å². The van der Waals surface area contributed by atoms with Gasteiger partial charge in [0.15, 0.2) is 0 Å². The summed E-state index contributed by atoms with van der Waals surface area (Å²) in [4.78, 5) is 14.0. The van der Waals surface area contributed by atoms with Crippen molar-refractivity contribution in [3.63, 3.8) is 0 Å². The van der Waals surface area contributed by atoms with Crippen LogP contribution in [-0.2, 0) is 0 Å². The van der Waals surface area contributed by atoms with Gasteiger partial charge < -0.3 is 20.3 Å². The maximum atomic E-state index is 13.1. The zero-order valence-electron chi connectivity index (χ0n) is 14.0. The molecule has 0 bridgehead atoms. The van der Waals surface area contributed by atoms with E-state index >= 15 is 0 Å². The lowest BCUT2D eigenvalue weighted by Crippen LogP contribution is -2.36. The number of nitrogens with one attached hydrogen (secondary N) is 2. The minimum Gasteiger partial charge on any atom is -0.497 e. The van der Waals surface area contributed by atoms with Gasteiger partial charge in [0, 0.05) is 12.2 Å². The van der Waals surface area contributed by atoms with Gasteiger partial charge >= 0.3 is 6.03 Å². The summed E-state index contributed by atoms with van der Waals surface area (Å²) in [5.74, 6) is 0.450. The van der Waals surface area contributed by atoms with E-state index in [0.29, 0.717) is 12.2 Å². The number of anilines is 1. The molecule has 128 valence electrons. The second-order valence-corrected chi connectivity index (χ2v) is 5.59. The van der Waals surface area contributed by atoms with Crippen LogP contribution in [0.25, 0.3) is 0 Å². The predicted molar refractivity (Wildman–Crippen MR) is 92.8 cm³/mol. The van der Waals surface area contributed by atoms with Crippen LogP contribution < -0.4 is 15.4 Å². The molecule has 0 spiro atoms. The van der Waals surface area contributed by atoms with Crippen LogP contribution in [0, 0.1) is 5.82 Å². The Morgan fingerprint density at radius 2 is 1.75 bits per heavy atom. The van der Waals surface area contributed by atoms with E-state index in [0.717, 1.165) is 11.3 Å². The van der Waals surface area contributed by atoms with Gasteiger partial charge in [-0.1, -0.05) is 12.1 Å². The Morgan fingerprint density at radius 1 is 1.12 bits per heavy atom. The van der Waals surface area contributed by atoms with E-state index in [-0.39, 0.29) is 17.9 Å². The highest BCUT2D eigenvalue weighted by Crippen LogP contribution is 2.18. The van der Waals surface area contributed by atoms with Crippen LogP contribution in [0.1, 0.15) is 11.6 Å². The molecule has 1 unspecified atom stereocenters. The normalized spacial score (nSPS) is 11.9. The van der Waals surface area contributed by atoms with Gasteiger partial charge in [0.1, 0.15) is 11.6 Å². The maximum Gasteiger partial charge on any atom is 0.319 e. The van der Waals surface area contributed by atoms with Crippen molar-refractivity contribution < 1.29 is 13.9 Å². The second-order valence-electron chi connectivity index (χ2n) is 5.59. The largest absolute Gasteiger partial charge is 0.497 e. The van der Waals surface area contributed by atoms with E-state index in [9.17, 15) is 9.18 Å². The van der Waals surface area contributed by atoms with Crippen molar-refractivity contribution in [2.24, 2.45) is 0 Å². The van der Waals surface area contributed by atoms with Crippen molar-refractivity contribution in [3.05, 3.63) is 59.9 Å². The van der Waals surface area contributed by atoms with Crippen molar-refractivity contribution in [3.8, 4) is 5.75 Å². The Hall–Kier alpha value is -2.60. The lowest BCUT2D eigenvalue weighted by atomic mass is 10.1. The number of urea groups is 1. The molecule has 0 fully saturated rings. The highest BCUT2D eigenvalue weighted by Gasteiger charge is 2.15. The fraction of sp³-hybridized carbons (Fsp3) is 0.278. The maximum absolute atomic E-state index is 13.1. The number of carbonyl (C=O) groups excluding carboxylic acids is 1. The van der Waals surface area contributed by atoms with E-state index in [4.69, 9.17) is 4.74 Å². The quantitative estimate of drug-likeness (QED) is 0.854. The zero-order valence-corrected chi connectivity index (χ0v) is 14.0. The lowest BCUT2D eigenvalue weighted by Gasteiger charge is -2.25. The van der Waals surface area contributed by atoms with Gasteiger partial charge in [-0.2, -0.15) is 0 Å². The zero-order chi connectivity index (χ0) is 17.5. The molecule has 2 aromatic carbocycles. The van der Waals surface area contributed by atoms with Crippen molar-refractivity contribution in [2.75, 3.05) is 33.1 Å². The van der Waals surface area contributed by atoms with E-state index in [1.165, 1.54) is 12.1 Å². The van der Waals surface area contributed by atoms with Gasteiger partial charge in [-0.05, 0) is 56.1 Å². The van der Waals surface area contributed by atoms with Crippen LogP contribution in [0.5, 0.6) is 5.75 Å². The van der Waals surface area contributed by atoms with Gasteiger partial charge in [0.05, 0.1) is 13.2 Å². The number of likely N-dealkylation sites (N-methyl/N-ethyl adjacent to an activating group) is 1. The van der Waals surface area contributed by atoms with Gasteiger partial charge in [-0.15, -0.1) is 0 Å². The fourth-order valence-corrected chi connectivity index (χ4v) is 2.32. The Morgan fingerprint density at radius 3 is 2.29 bits per heavy atom. The number of ether oxygens (including phenoxy) is 1. The minimum atomic E-state index is -0.297. The number of rotatable bonds is 6. The Kier molecular flexibility index (Phi) is 6.14. The van der Waals surface area contributed by atoms with Crippen molar-refractivity contribution in [1.82, 2.24) is 10.2 Å². The van der Waals surface area contributed by atoms with E-state index in [1.807, 2.05) is 19.0 Å². The summed E-state index contributed by atoms with van der Waals surface area (Å²) in [6.45, 7) is 0.403. The lowest BCUT2D eigenvalue weighted by molar-refractivity contribution is 0.243. The molecule has 0 aromatic heterocycles. The molecule has 1 atom stereocenters. The summed E-state index contributed by atoms with van der Waals surface area (Å²) >= 11 is 0. The predicted octanol–water partition coefficient (Wildman–Crippen LogP) is 3.26. The highest BCUT2D eigenvalue weighted by atomic mass is 19.1. The molecule has 5 nitrogen and oxygen atoms in total. The van der Waals surface area contributed by atoms with E-state index in [2.05, 4.69) is 10.6 Å². The molecule has 2 N–H and O–H groups in total. The molecule has 0 radical (unpaired) electrons. The second kappa shape index (κ2) is 8.31. The first-order valence-corrected chi connectivity index (χ1v) is 7.60. The van der Waals surface area contributed by atoms with E-state index < -0.39 is 0 Å². The molecule has 2 aromatic rings. The monoisotopic (exact) mass is 331 g/mol. The number of nitrogens with zero attached hydrogens (tertiary/aromatic N) is 1. The number of amides is 2. The van der Waals surface area contributed by atoms with Gasteiger partial charge in [0.2, 0.25) is 0 Å². The summed E-state index contributed by atoms with van der Waals surface area (Å²) in [5, 5.41) is 5.60. The molecular formula is C18H22FN3O2. The average Bonchev–Trinajstić information content (AvgIpc) is 2.57. The summed E-state index contributed by atoms with van der Waals surface area (Å²) in [5.41, 5.74) is 1.61. The molecule has 0 aliphatic rings. The molecule has 0 saturated heterocycles. The molecule has 6 heteroatoms. The molecular weight excluding hydrogens is 309 g/mol. The highest BCUT2D eigenvalue weighted by molar-refractivity contribution is 5.89. The molecule has 0 heterocycles.